The number of nitrogens with one attached hydrogen (secondary N) is 5. The Morgan fingerprint density at radius 2 is 0.925 bits per heavy atom. The van der Waals surface area contributed by atoms with E-state index in [0.717, 1.165) is 4.90 Å². The molecule has 2 aliphatic heterocycles. The molecule has 0 bridgehead atoms. The number of carboxylic acid groups (broad SMARTS) is 1. The number of hydrogen-bond acceptors (Lipinski definition) is 15. The molecule has 67 heavy (non-hydrogen) atoms. The first-order valence-corrected chi connectivity index (χ1v) is 22.7. The third-order valence-electron chi connectivity index (χ3n) is 11.3. The molecule has 8 atom stereocenters. The second kappa shape index (κ2) is 30.4. The molecule has 2 fully saturated rings. The average Bonchev–Trinajstić information content (AvgIpc) is 4.00. The number of nitrogens with two attached hydrogens (primary N) is 7. The zero-order valence-electron chi connectivity index (χ0n) is 38.1. The molecule has 2 heterocycles. The molecule has 0 saturated carbocycles. The number of unbranched alkanes of at least 4 members (excludes halogenated alkanes) is 2. The van der Waals surface area contributed by atoms with Gasteiger partial charge in [0.2, 0.25) is 41.4 Å². The highest BCUT2D eigenvalue weighted by Crippen LogP contribution is 2.21. The molecule has 2 rings (SSSR count). The SMILES string of the molecule is NCCCC[C@H](NC(=O)[C@H](CCCN=C(N)N)NC(=O)[C@@H]1CCCN1C(=O)[C@H](CO)NC(=O)[C@H](CCCCN)NC(=O)[C@H](CCCN=C(N)N)NC(=O)[C@@H]1CCCN1C(=O)[C@@H](N)CO)C(=O)O. The van der Waals surface area contributed by atoms with E-state index in [2.05, 4.69) is 36.6 Å². The van der Waals surface area contributed by atoms with E-state index in [1.54, 1.807) is 0 Å². The molecule has 0 aromatic heterocycles. The zero-order valence-corrected chi connectivity index (χ0v) is 38.1. The minimum Gasteiger partial charge on any atom is -0.480 e. The van der Waals surface area contributed by atoms with E-state index in [4.69, 9.17) is 40.1 Å². The van der Waals surface area contributed by atoms with Crippen molar-refractivity contribution in [3.63, 3.8) is 0 Å². The van der Waals surface area contributed by atoms with Crippen molar-refractivity contribution in [2.45, 2.75) is 138 Å². The normalized spacial score (nSPS) is 18.3. The first-order chi connectivity index (χ1) is 31.9. The van der Waals surface area contributed by atoms with E-state index >= 15 is 0 Å². The predicted molar refractivity (Wildman–Crippen MR) is 245 cm³/mol. The zero-order chi connectivity index (χ0) is 50.1. The van der Waals surface area contributed by atoms with Gasteiger partial charge in [-0.3, -0.25) is 43.5 Å². The molecule has 0 spiro atoms. The number of aliphatic hydroxyl groups is 2. The van der Waals surface area contributed by atoms with Gasteiger partial charge in [0, 0.05) is 26.2 Å². The van der Waals surface area contributed by atoms with Gasteiger partial charge in [0.1, 0.15) is 48.3 Å². The van der Waals surface area contributed by atoms with Crippen molar-refractivity contribution in [1.29, 1.82) is 0 Å². The number of aliphatic imine (C=N–C) groups is 2. The standard InChI is InChI=1S/C40H74N16O11/c41-15-3-1-9-24(50-31(59)25(11-5-17-48-39(44)45)51-34(62)29-13-7-19-55(29)36(64)23(43)21-57)33(61)54-28(22-58)37(65)56-20-8-14-30(56)35(63)52-26(12-6-18-49-40(46)47)32(60)53-27(38(66)67)10-2-4-16-42/h23-30,57-58H,1-22,41-43H2,(H,50,59)(H,51,62)(H,52,63)(H,53,60)(H,54,61)(H,66,67)(H4,44,45,48)(H4,46,47,49)/t23-,24-,25-,26-,27-,28-,29-,30-/m0/s1. The Morgan fingerprint density at radius 3 is 1.33 bits per heavy atom. The lowest BCUT2D eigenvalue weighted by Gasteiger charge is -2.30. The number of likely N-dealkylation sites (tertiary alicyclic amines) is 2. The van der Waals surface area contributed by atoms with Gasteiger partial charge in [-0.25, -0.2) is 4.79 Å². The molecule has 27 nitrogen and oxygen atoms in total. The van der Waals surface area contributed by atoms with Crippen LogP contribution in [0.15, 0.2) is 9.98 Å². The third-order valence-corrected chi connectivity index (χ3v) is 11.3. The second-order valence-corrected chi connectivity index (χ2v) is 16.5. The van der Waals surface area contributed by atoms with Gasteiger partial charge in [0.15, 0.2) is 11.9 Å². The molecular formula is C40H74N16O11. The number of hydrogen-bond donors (Lipinski definition) is 15. The van der Waals surface area contributed by atoms with Crippen LogP contribution in [0.5, 0.6) is 0 Å². The summed E-state index contributed by atoms with van der Waals surface area (Å²) < 4.78 is 0. The van der Waals surface area contributed by atoms with Crippen LogP contribution in [0.1, 0.15) is 89.9 Å². The van der Waals surface area contributed by atoms with Crippen LogP contribution in [0.3, 0.4) is 0 Å². The summed E-state index contributed by atoms with van der Waals surface area (Å²) in [6, 6.07) is -10.1. The number of rotatable bonds is 31. The summed E-state index contributed by atoms with van der Waals surface area (Å²) in [5.74, 6) is -6.99. The lowest BCUT2D eigenvalue weighted by molar-refractivity contribution is -0.144. The quantitative estimate of drug-likeness (QED) is 0.0174. The van der Waals surface area contributed by atoms with Crippen LogP contribution in [0.4, 0.5) is 0 Å². The van der Waals surface area contributed by atoms with Gasteiger partial charge in [-0.2, -0.15) is 0 Å². The summed E-state index contributed by atoms with van der Waals surface area (Å²) in [6.45, 7) is -0.531. The fourth-order valence-corrected chi connectivity index (χ4v) is 7.69. The van der Waals surface area contributed by atoms with Crippen molar-refractivity contribution < 1.29 is 53.7 Å². The molecule has 27 heteroatoms. The number of guanidine groups is 2. The Balaban J connectivity index is 2.30. The van der Waals surface area contributed by atoms with Gasteiger partial charge in [-0.1, -0.05) is 0 Å². The topological polar surface area (TPSA) is 471 Å². The van der Waals surface area contributed by atoms with E-state index in [0.29, 0.717) is 45.1 Å². The first kappa shape index (κ1) is 57.2. The maximum atomic E-state index is 14.0. The highest BCUT2D eigenvalue weighted by Gasteiger charge is 2.41. The molecule has 2 aliphatic rings. The van der Waals surface area contributed by atoms with Crippen LogP contribution >= 0.6 is 0 Å². The number of aliphatic carboxylic acids is 1. The maximum absolute atomic E-state index is 14.0. The van der Waals surface area contributed by atoms with Crippen molar-refractivity contribution in [2.75, 3.05) is 52.5 Å². The molecule has 0 unspecified atom stereocenters. The highest BCUT2D eigenvalue weighted by molar-refractivity contribution is 5.98. The van der Waals surface area contributed by atoms with Gasteiger partial charge in [0.25, 0.3) is 0 Å². The van der Waals surface area contributed by atoms with Crippen molar-refractivity contribution in [3.05, 3.63) is 0 Å². The third kappa shape index (κ3) is 19.5. The number of carbonyl (C=O) groups excluding carboxylic acids is 7. The van der Waals surface area contributed by atoms with E-state index in [1.165, 1.54) is 4.90 Å². The van der Waals surface area contributed by atoms with E-state index in [1.807, 2.05) is 0 Å². The summed E-state index contributed by atoms with van der Waals surface area (Å²) in [5, 5.41) is 42.5. The summed E-state index contributed by atoms with van der Waals surface area (Å²) >= 11 is 0. The molecule has 0 aromatic rings. The number of carbonyl (C=O) groups is 8. The smallest absolute Gasteiger partial charge is 0.326 e. The van der Waals surface area contributed by atoms with Crippen LogP contribution < -0.4 is 66.7 Å². The molecule has 380 valence electrons. The summed E-state index contributed by atoms with van der Waals surface area (Å²) in [7, 11) is 0. The van der Waals surface area contributed by atoms with Crippen LogP contribution in [-0.4, -0.2) is 185 Å². The van der Waals surface area contributed by atoms with Crippen LogP contribution in [-0.2, 0) is 38.4 Å². The van der Waals surface area contributed by atoms with Gasteiger partial charge in [-0.15, -0.1) is 0 Å². The largest absolute Gasteiger partial charge is 0.480 e. The van der Waals surface area contributed by atoms with Crippen LogP contribution in [0, 0.1) is 0 Å². The van der Waals surface area contributed by atoms with Gasteiger partial charge >= 0.3 is 5.97 Å². The molecule has 22 N–H and O–H groups in total. The maximum Gasteiger partial charge on any atom is 0.326 e. The van der Waals surface area contributed by atoms with Gasteiger partial charge < -0.3 is 91.8 Å². The number of amides is 7. The molecule has 7 amide bonds. The van der Waals surface area contributed by atoms with Gasteiger partial charge in [0.05, 0.1) is 13.2 Å². The number of carboxylic acids is 1. The number of aliphatic hydroxyl groups excluding tert-OH is 2. The average molecular weight is 955 g/mol. The predicted octanol–water partition coefficient (Wildman–Crippen LogP) is -6.85. The molecule has 0 radical (unpaired) electrons. The lowest BCUT2D eigenvalue weighted by Crippen LogP contribution is -2.60. The highest BCUT2D eigenvalue weighted by atomic mass is 16.4. The fraction of sp³-hybridized carbons (Fsp3) is 0.750. The Labute approximate surface area is 389 Å². The molecule has 2 saturated heterocycles. The lowest BCUT2D eigenvalue weighted by atomic mass is 10.0. The minimum absolute atomic E-state index is 0.00438. The summed E-state index contributed by atoms with van der Waals surface area (Å²) in [5.41, 5.74) is 38.7. The Bertz CT molecular complexity index is 1710. The second-order valence-electron chi connectivity index (χ2n) is 16.5. The summed E-state index contributed by atoms with van der Waals surface area (Å²) in [6.07, 6.45) is 3.48. The summed E-state index contributed by atoms with van der Waals surface area (Å²) in [4.78, 5) is 118. The fourth-order valence-electron chi connectivity index (χ4n) is 7.69. The van der Waals surface area contributed by atoms with Gasteiger partial charge in [-0.05, 0) is 103 Å². The molecular weight excluding hydrogens is 881 g/mol. The Kier molecular flexibility index (Phi) is 26.0. The number of nitrogens with zero attached hydrogens (tertiary/aromatic N) is 4. The van der Waals surface area contributed by atoms with Crippen molar-refractivity contribution in [2.24, 2.45) is 50.1 Å². The van der Waals surface area contributed by atoms with Crippen molar-refractivity contribution >= 4 is 59.2 Å². The molecule has 0 aromatic carbocycles. The first-order valence-electron chi connectivity index (χ1n) is 22.7. The molecule has 0 aliphatic carbocycles. The Morgan fingerprint density at radius 1 is 0.537 bits per heavy atom. The monoisotopic (exact) mass is 955 g/mol. The van der Waals surface area contributed by atoms with Crippen LogP contribution in [0.2, 0.25) is 0 Å². The Hall–Kier alpha value is -5.90. The van der Waals surface area contributed by atoms with E-state index in [-0.39, 0.29) is 96.0 Å². The van der Waals surface area contributed by atoms with Crippen LogP contribution in [0.25, 0.3) is 0 Å². The van der Waals surface area contributed by atoms with E-state index < -0.39 is 109 Å². The van der Waals surface area contributed by atoms with Crippen molar-refractivity contribution in [1.82, 2.24) is 36.4 Å². The minimum atomic E-state index is -1.59. The van der Waals surface area contributed by atoms with Crippen molar-refractivity contribution in [3.8, 4) is 0 Å². The van der Waals surface area contributed by atoms with E-state index in [9.17, 15) is 53.7 Å².